The number of carbonyl (C=O) groups excluding carboxylic acids is 1. The lowest BCUT2D eigenvalue weighted by Gasteiger charge is -2.21. The molecule has 7 heteroatoms. The topological polar surface area (TPSA) is 75.7 Å². The number of aryl methyl sites for hydroxylation is 2. The van der Waals surface area contributed by atoms with Crippen molar-refractivity contribution in [1.29, 1.82) is 0 Å². The number of benzene rings is 2. The van der Waals surface area contributed by atoms with Crippen LogP contribution in [0.15, 0.2) is 41.3 Å². The molecule has 0 saturated carbocycles. The Balaban J connectivity index is 1.57. The zero-order valence-corrected chi connectivity index (χ0v) is 19.7. The van der Waals surface area contributed by atoms with E-state index in [1.165, 1.54) is 41.1 Å². The standard InChI is InChI=1S/C25H32N2O4S/c1-18(20-11-10-19-8-7-9-21(19)16-20)26-25(28)23-17-22(12-13-24(23)31-2)32(29,30)27-14-5-3-4-6-15-27/h10-13,16-18H,3-9,14-15H2,1-2H3,(H,26,28). The van der Waals surface area contributed by atoms with E-state index in [4.69, 9.17) is 4.74 Å². The second kappa shape index (κ2) is 9.63. The van der Waals surface area contributed by atoms with Gasteiger partial charge >= 0.3 is 0 Å². The maximum atomic E-state index is 13.2. The highest BCUT2D eigenvalue weighted by atomic mass is 32.2. The van der Waals surface area contributed by atoms with Crippen molar-refractivity contribution >= 4 is 15.9 Å². The van der Waals surface area contributed by atoms with Gasteiger partial charge in [0.25, 0.3) is 5.91 Å². The summed E-state index contributed by atoms with van der Waals surface area (Å²) in [6.45, 7) is 2.98. The fraction of sp³-hybridized carbons (Fsp3) is 0.480. The molecule has 1 fully saturated rings. The van der Waals surface area contributed by atoms with Crippen LogP contribution in [0.1, 0.15) is 72.1 Å². The van der Waals surface area contributed by atoms with Gasteiger partial charge in [-0.3, -0.25) is 4.79 Å². The molecule has 1 amide bonds. The van der Waals surface area contributed by atoms with E-state index in [2.05, 4.69) is 23.5 Å². The summed E-state index contributed by atoms with van der Waals surface area (Å²) in [6, 6.07) is 10.7. The Kier molecular flexibility index (Phi) is 6.86. The molecule has 2 aromatic carbocycles. The van der Waals surface area contributed by atoms with Gasteiger partial charge in [0.05, 0.1) is 23.6 Å². The van der Waals surface area contributed by atoms with Gasteiger partial charge in [-0.05, 0) is 73.9 Å². The molecule has 6 nitrogen and oxygen atoms in total. The number of nitrogens with zero attached hydrogens (tertiary/aromatic N) is 1. The molecule has 1 aliphatic heterocycles. The van der Waals surface area contributed by atoms with Crippen LogP contribution in [0.5, 0.6) is 5.75 Å². The van der Waals surface area contributed by atoms with Crippen LogP contribution >= 0.6 is 0 Å². The summed E-state index contributed by atoms with van der Waals surface area (Å²) in [5, 5.41) is 3.02. The van der Waals surface area contributed by atoms with E-state index >= 15 is 0 Å². The molecular weight excluding hydrogens is 424 g/mol. The van der Waals surface area contributed by atoms with Crippen LogP contribution in [0.25, 0.3) is 0 Å². The van der Waals surface area contributed by atoms with Crippen LogP contribution in [0.3, 0.4) is 0 Å². The fourth-order valence-corrected chi connectivity index (χ4v) is 6.22. The van der Waals surface area contributed by atoms with Crippen molar-refractivity contribution in [3.05, 3.63) is 58.7 Å². The molecule has 172 valence electrons. The summed E-state index contributed by atoms with van der Waals surface area (Å²) in [7, 11) is -2.17. The van der Waals surface area contributed by atoms with Gasteiger partial charge < -0.3 is 10.1 Å². The number of hydrogen-bond donors (Lipinski definition) is 1. The summed E-state index contributed by atoms with van der Waals surface area (Å²) in [5.74, 6) is 0.0150. The van der Waals surface area contributed by atoms with Crippen LogP contribution in [0.4, 0.5) is 0 Å². The number of amides is 1. The SMILES string of the molecule is COc1ccc(S(=O)(=O)N2CCCCCC2)cc1C(=O)NC(C)c1ccc2c(c1)CCC2. The highest BCUT2D eigenvalue weighted by Gasteiger charge is 2.27. The van der Waals surface area contributed by atoms with Gasteiger partial charge in [0.15, 0.2) is 0 Å². The summed E-state index contributed by atoms with van der Waals surface area (Å²) >= 11 is 0. The van der Waals surface area contributed by atoms with Crippen LogP contribution < -0.4 is 10.1 Å². The predicted octanol–water partition coefficient (Wildman–Crippen LogP) is 4.24. The first-order valence-corrected chi connectivity index (χ1v) is 12.9. The minimum Gasteiger partial charge on any atom is -0.496 e. The lowest BCUT2D eigenvalue weighted by molar-refractivity contribution is 0.0936. The van der Waals surface area contributed by atoms with E-state index in [1.54, 1.807) is 6.07 Å². The number of carbonyl (C=O) groups is 1. The average Bonchev–Trinajstić information content (AvgIpc) is 3.09. The highest BCUT2D eigenvalue weighted by molar-refractivity contribution is 7.89. The number of fused-ring (bicyclic) bond motifs is 1. The molecule has 0 spiro atoms. The molecule has 1 heterocycles. The Morgan fingerprint density at radius 1 is 0.969 bits per heavy atom. The molecule has 32 heavy (non-hydrogen) atoms. The largest absolute Gasteiger partial charge is 0.496 e. The maximum Gasteiger partial charge on any atom is 0.255 e. The second-order valence-electron chi connectivity index (χ2n) is 8.76. The molecule has 1 unspecified atom stereocenters. The first-order valence-electron chi connectivity index (χ1n) is 11.5. The Hall–Kier alpha value is -2.38. The van der Waals surface area contributed by atoms with Gasteiger partial charge in [-0.15, -0.1) is 0 Å². The summed E-state index contributed by atoms with van der Waals surface area (Å²) in [5.41, 5.74) is 4.02. The molecular formula is C25H32N2O4S. The van der Waals surface area contributed by atoms with Crippen LogP contribution in [-0.2, 0) is 22.9 Å². The van der Waals surface area contributed by atoms with E-state index in [1.807, 2.05) is 6.92 Å². The fourth-order valence-electron chi connectivity index (χ4n) is 4.67. The van der Waals surface area contributed by atoms with E-state index in [0.29, 0.717) is 18.8 Å². The van der Waals surface area contributed by atoms with E-state index in [9.17, 15) is 13.2 Å². The number of ether oxygens (including phenoxy) is 1. The molecule has 4 rings (SSSR count). The summed E-state index contributed by atoms with van der Waals surface area (Å²) in [6.07, 6.45) is 7.18. The van der Waals surface area contributed by atoms with Crippen molar-refractivity contribution in [3.8, 4) is 5.75 Å². The number of nitrogens with one attached hydrogen (secondary N) is 1. The van der Waals surface area contributed by atoms with Gasteiger partial charge in [0, 0.05) is 13.1 Å². The van der Waals surface area contributed by atoms with E-state index < -0.39 is 10.0 Å². The van der Waals surface area contributed by atoms with Crippen molar-refractivity contribution < 1.29 is 17.9 Å². The zero-order valence-electron chi connectivity index (χ0n) is 18.9. The molecule has 2 aliphatic rings. The lowest BCUT2D eigenvalue weighted by Crippen LogP contribution is -2.32. The van der Waals surface area contributed by atoms with Crippen molar-refractivity contribution in [3.63, 3.8) is 0 Å². The minimum atomic E-state index is -3.66. The Labute approximate surface area is 191 Å². The zero-order chi connectivity index (χ0) is 22.7. The molecule has 1 aliphatic carbocycles. The van der Waals surface area contributed by atoms with Gasteiger partial charge in [-0.1, -0.05) is 31.0 Å². The van der Waals surface area contributed by atoms with Crippen molar-refractivity contribution in [2.45, 2.75) is 62.8 Å². The molecule has 1 atom stereocenters. The number of sulfonamides is 1. The monoisotopic (exact) mass is 456 g/mol. The van der Waals surface area contributed by atoms with Crippen molar-refractivity contribution in [2.75, 3.05) is 20.2 Å². The Bertz CT molecular complexity index is 1090. The molecule has 1 N–H and O–H groups in total. The van der Waals surface area contributed by atoms with E-state index in [0.717, 1.165) is 44.1 Å². The Morgan fingerprint density at radius 2 is 1.69 bits per heavy atom. The van der Waals surface area contributed by atoms with E-state index in [-0.39, 0.29) is 22.4 Å². The minimum absolute atomic E-state index is 0.135. The smallest absolute Gasteiger partial charge is 0.255 e. The normalized spacial score (nSPS) is 17.9. The molecule has 0 bridgehead atoms. The molecule has 1 saturated heterocycles. The third-order valence-electron chi connectivity index (χ3n) is 6.59. The van der Waals surface area contributed by atoms with Crippen LogP contribution in [0.2, 0.25) is 0 Å². The quantitative estimate of drug-likeness (QED) is 0.705. The second-order valence-corrected chi connectivity index (χ2v) is 10.7. The van der Waals surface area contributed by atoms with Gasteiger partial charge in [-0.25, -0.2) is 8.42 Å². The van der Waals surface area contributed by atoms with Crippen LogP contribution in [0, 0.1) is 0 Å². The average molecular weight is 457 g/mol. The van der Waals surface area contributed by atoms with Crippen molar-refractivity contribution in [1.82, 2.24) is 9.62 Å². The van der Waals surface area contributed by atoms with Crippen molar-refractivity contribution in [2.24, 2.45) is 0 Å². The predicted molar refractivity (Wildman–Crippen MR) is 125 cm³/mol. The third-order valence-corrected chi connectivity index (χ3v) is 8.48. The first kappa shape index (κ1) is 22.8. The van der Waals surface area contributed by atoms with Gasteiger partial charge in [-0.2, -0.15) is 4.31 Å². The molecule has 0 aromatic heterocycles. The Morgan fingerprint density at radius 3 is 2.41 bits per heavy atom. The summed E-state index contributed by atoms with van der Waals surface area (Å²) in [4.78, 5) is 13.3. The maximum absolute atomic E-state index is 13.2. The highest BCUT2D eigenvalue weighted by Crippen LogP contribution is 2.28. The molecule has 2 aromatic rings. The lowest BCUT2D eigenvalue weighted by atomic mass is 10.0. The van der Waals surface area contributed by atoms with Gasteiger partial charge in [0.2, 0.25) is 10.0 Å². The number of methoxy groups -OCH3 is 1. The molecule has 0 radical (unpaired) electrons. The third kappa shape index (κ3) is 4.69. The summed E-state index contributed by atoms with van der Waals surface area (Å²) < 4.78 is 33.4. The number of rotatable bonds is 6. The van der Waals surface area contributed by atoms with Gasteiger partial charge in [0.1, 0.15) is 5.75 Å². The number of hydrogen-bond acceptors (Lipinski definition) is 4. The first-order chi connectivity index (χ1) is 15.4. The van der Waals surface area contributed by atoms with Crippen LogP contribution in [-0.4, -0.2) is 38.8 Å².